The van der Waals surface area contributed by atoms with Crippen molar-refractivity contribution in [3.8, 4) is 0 Å². The first-order chi connectivity index (χ1) is 16.3. The molecule has 0 saturated carbocycles. The summed E-state index contributed by atoms with van der Waals surface area (Å²) in [5.41, 5.74) is 1.10. The van der Waals surface area contributed by atoms with Gasteiger partial charge in [-0.05, 0) is 30.4 Å². The second-order valence-electron chi connectivity index (χ2n) is 7.44. The highest BCUT2D eigenvalue weighted by molar-refractivity contribution is 7.80. The monoisotopic (exact) mass is 483 g/mol. The summed E-state index contributed by atoms with van der Waals surface area (Å²) >= 11 is 5.01. The Morgan fingerprint density at radius 2 is 1.94 bits per heavy atom. The molecule has 3 rings (SSSR count). The van der Waals surface area contributed by atoms with Gasteiger partial charge in [-0.3, -0.25) is 14.7 Å². The van der Waals surface area contributed by atoms with Crippen LogP contribution in [-0.2, 0) is 19.0 Å². The Hall–Kier alpha value is -3.79. The van der Waals surface area contributed by atoms with Gasteiger partial charge >= 0.3 is 12.1 Å². The van der Waals surface area contributed by atoms with Crippen LogP contribution in [-0.4, -0.2) is 64.8 Å². The molecule has 2 aromatic rings. The molecule has 1 saturated heterocycles. The first kappa shape index (κ1) is 24.8. The van der Waals surface area contributed by atoms with Crippen LogP contribution in [0.4, 0.5) is 10.5 Å². The van der Waals surface area contributed by atoms with E-state index < -0.39 is 30.1 Å². The number of benzene rings is 1. The fourth-order valence-corrected chi connectivity index (χ4v) is 3.83. The number of carbonyl (C=O) groups excluding carboxylic acids is 3. The van der Waals surface area contributed by atoms with Crippen molar-refractivity contribution in [2.24, 2.45) is 0 Å². The lowest BCUT2D eigenvalue weighted by atomic mass is 10.1. The molecule has 0 radical (unpaired) electrons. The van der Waals surface area contributed by atoms with Crippen molar-refractivity contribution < 1.29 is 28.6 Å². The zero-order chi connectivity index (χ0) is 24.7. The Morgan fingerprint density at radius 1 is 1.21 bits per heavy atom. The molecular formula is C24H25N3O6S. The number of hydrogen-bond donors (Lipinski definition) is 1. The van der Waals surface area contributed by atoms with E-state index >= 15 is 0 Å². The average Bonchev–Trinajstić information content (AvgIpc) is 3.24. The second-order valence-corrected chi connectivity index (χ2v) is 8.01. The van der Waals surface area contributed by atoms with E-state index in [0.717, 1.165) is 0 Å². The second kappa shape index (κ2) is 11.4. The molecule has 2 heterocycles. The molecule has 9 nitrogen and oxygen atoms in total. The van der Waals surface area contributed by atoms with Gasteiger partial charge in [-0.15, -0.1) is 0 Å². The van der Waals surface area contributed by atoms with Gasteiger partial charge in [-0.2, -0.15) is 0 Å². The Bertz CT molecular complexity index is 1130. The first-order valence-corrected chi connectivity index (χ1v) is 10.9. The molecule has 178 valence electrons. The molecule has 0 unspecified atom stereocenters. The maximum Gasteiger partial charge on any atom is 0.410 e. The average molecular weight is 484 g/mol. The number of hydrogen-bond acceptors (Lipinski definition) is 8. The van der Waals surface area contributed by atoms with Crippen molar-refractivity contribution in [1.82, 2.24) is 9.88 Å². The lowest BCUT2D eigenvalue weighted by Gasteiger charge is -2.23. The molecule has 0 spiro atoms. The number of esters is 1. The summed E-state index contributed by atoms with van der Waals surface area (Å²) in [4.78, 5) is 44.0. The molecular weight excluding hydrogens is 458 g/mol. The number of rotatable bonds is 8. The molecule has 1 aromatic heterocycles. The number of nitrogens with one attached hydrogen (secondary N) is 1. The zero-order valence-electron chi connectivity index (χ0n) is 18.7. The molecule has 1 N–H and O–H groups in total. The van der Waals surface area contributed by atoms with Gasteiger partial charge in [-0.25, -0.2) is 9.59 Å². The van der Waals surface area contributed by atoms with Gasteiger partial charge in [0.15, 0.2) is 5.05 Å². The smallest absolute Gasteiger partial charge is 0.410 e. The minimum absolute atomic E-state index is 0.00651. The lowest BCUT2D eigenvalue weighted by Crippen LogP contribution is -2.43. The number of thiocarbonyl (C=S) groups is 1. The number of nitrogens with zero attached hydrogens (tertiary/aromatic N) is 2. The number of carbonyl (C=O) groups is 3. The quantitative estimate of drug-likeness (QED) is 0.345. The Labute approximate surface area is 202 Å². The number of fused-ring (bicyclic) bond motifs is 1. The van der Waals surface area contributed by atoms with Gasteiger partial charge in [0.2, 0.25) is 5.91 Å². The van der Waals surface area contributed by atoms with Crippen LogP contribution >= 0.6 is 12.2 Å². The summed E-state index contributed by atoms with van der Waals surface area (Å²) in [7, 11) is 0. The summed E-state index contributed by atoms with van der Waals surface area (Å²) in [6.45, 7) is 8.88. The van der Waals surface area contributed by atoms with Crippen LogP contribution in [0.25, 0.3) is 10.9 Å². The largest absolute Gasteiger partial charge is 0.482 e. The maximum atomic E-state index is 13.3. The third-order valence-electron chi connectivity index (χ3n) is 5.03. The van der Waals surface area contributed by atoms with E-state index in [9.17, 15) is 14.4 Å². The summed E-state index contributed by atoms with van der Waals surface area (Å²) in [6.07, 6.45) is 3.49. The number of amides is 2. The molecule has 1 aliphatic heterocycles. The number of ether oxygens (including phenoxy) is 3. The maximum absolute atomic E-state index is 13.3. The van der Waals surface area contributed by atoms with E-state index in [1.54, 1.807) is 25.1 Å². The van der Waals surface area contributed by atoms with Gasteiger partial charge in [0.05, 0.1) is 23.3 Å². The minimum atomic E-state index is -0.875. The fraction of sp³-hybridized carbons (Fsp3) is 0.292. The third-order valence-corrected chi connectivity index (χ3v) is 5.13. The Kier molecular flexibility index (Phi) is 8.31. The van der Waals surface area contributed by atoms with Crippen LogP contribution in [0.2, 0.25) is 0 Å². The number of aromatic nitrogens is 1. The van der Waals surface area contributed by atoms with E-state index in [-0.39, 0.29) is 31.7 Å². The number of likely N-dealkylation sites (tertiary alicyclic amines) is 1. The van der Waals surface area contributed by atoms with Crippen LogP contribution < -0.4 is 5.32 Å². The predicted molar refractivity (Wildman–Crippen MR) is 131 cm³/mol. The molecule has 1 aromatic carbocycles. The Balaban J connectivity index is 1.90. The molecule has 0 aliphatic carbocycles. The highest BCUT2D eigenvalue weighted by Crippen LogP contribution is 2.28. The molecule has 34 heavy (non-hydrogen) atoms. The van der Waals surface area contributed by atoms with Crippen molar-refractivity contribution >= 4 is 51.8 Å². The standard InChI is InChI=1S/C24H25N3O6S/c1-4-11-31-23(29)17-9-10-25-18-7-6-8-19(21(17)18)26-22(28)20-13-16(33-15(3)34)14-27(20)24(30)32-12-5-2/h4-10,16,20H,1-2,11-14H2,3H3,(H,26,28)/t16-,20-/m0/s1. The van der Waals surface area contributed by atoms with E-state index in [0.29, 0.717) is 21.6 Å². The summed E-state index contributed by atoms with van der Waals surface area (Å²) < 4.78 is 15.9. The van der Waals surface area contributed by atoms with Gasteiger partial charge in [0.1, 0.15) is 25.4 Å². The molecule has 2 atom stereocenters. The van der Waals surface area contributed by atoms with E-state index in [1.807, 2.05) is 0 Å². The van der Waals surface area contributed by atoms with Crippen LogP contribution in [0.15, 0.2) is 55.8 Å². The van der Waals surface area contributed by atoms with Crippen molar-refractivity contribution in [3.05, 3.63) is 61.3 Å². The lowest BCUT2D eigenvalue weighted by molar-refractivity contribution is -0.120. The van der Waals surface area contributed by atoms with Crippen LogP contribution in [0, 0.1) is 0 Å². The molecule has 10 heteroatoms. The highest BCUT2D eigenvalue weighted by Gasteiger charge is 2.42. The minimum Gasteiger partial charge on any atom is -0.482 e. The molecule has 1 fully saturated rings. The SMILES string of the molecule is C=CCOC(=O)c1ccnc2cccc(NC(=O)[C@@H]3C[C@H](OC(C)=S)CN3C(=O)OCC=C)c12. The van der Waals surface area contributed by atoms with Crippen molar-refractivity contribution in [3.63, 3.8) is 0 Å². The fourth-order valence-electron chi connectivity index (χ4n) is 3.69. The molecule has 2 amide bonds. The van der Waals surface area contributed by atoms with Crippen LogP contribution in [0.5, 0.6) is 0 Å². The molecule has 0 bridgehead atoms. The van der Waals surface area contributed by atoms with Gasteiger partial charge in [0, 0.05) is 24.9 Å². The van der Waals surface area contributed by atoms with Gasteiger partial charge < -0.3 is 19.5 Å². The van der Waals surface area contributed by atoms with Crippen molar-refractivity contribution in [2.75, 3.05) is 25.1 Å². The summed E-state index contributed by atoms with van der Waals surface area (Å²) in [5.74, 6) is -1.04. The van der Waals surface area contributed by atoms with Crippen molar-refractivity contribution in [1.29, 1.82) is 0 Å². The summed E-state index contributed by atoms with van der Waals surface area (Å²) in [6, 6.07) is 5.71. The van der Waals surface area contributed by atoms with E-state index in [4.69, 9.17) is 26.4 Å². The summed E-state index contributed by atoms with van der Waals surface area (Å²) in [5, 5.41) is 3.57. The number of pyridine rings is 1. The predicted octanol–water partition coefficient (Wildman–Crippen LogP) is 3.65. The van der Waals surface area contributed by atoms with Crippen molar-refractivity contribution in [2.45, 2.75) is 25.5 Å². The van der Waals surface area contributed by atoms with Gasteiger partial charge in [-0.1, -0.05) is 31.4 Å². The van der Waals surface area contributed by atoms with Crippen LogP contribution in [0.3, 0.4) is 0 Å². The zero-order valence-corrected chi connectivity index (χ0v) is 19.5. The number of anilines is 1. The van der Waals surface area contributed by atoms with E-state index in [1.165, 1.54) is 29.3 Å². The molecule has 1 aliphatic rings. The topological polar surface area (TPSA) is 107 Å². The van der Waals surface area contributed by atoms with Crippen LogP contribution in [0.1, 0.15) is 23.7 Å². The first-order valence-electron chi connectivity index (χ1n) is 10.5. The highest BCUT2D eigenvalue weighted by atomic mass is 32.1. The third kappa shape index (κ3) is 5.76. The van der Waals surface area contributed by atoms with E-state index in [2.05, 4.69) is 23.5 Å². The normalized spacial score (nSPS) is 17.0. The Morgan fingerprint density at radius 3 is 2.65 bits per heavy atom. The van der Waals surface area contributed by atoms with Gasteiger partial charge in [0.25, 0.3) is 0 Å².